The molecule has 1 heterocycles. The number of aromatic nitrogens is 1. The minimum Gasteiger partial charge on any atom is -0.508 e. The zero-order chi connectivity index (χ0) is 12.4. The van der Waals surface area contributed by atoms with Crippen LogP contribution in [0.25, 0.3) is 10.9 Å². The van der Waals surface area contributed by atoms with E-state index < -0.39 is 6.29 Å². The van der Waals surface area contributed by atoms with Crippen LogP contribution in [0.2, 0.25) is 5.15 Å². The lowest BCUT2D eigenvalue weighted by Crippen LogP contribution is -2.05. The highest BCUT2D eigenvalue weighted by Gasteiger charge is 2.15. The second-order valence-corrected chi connectivity index (χ2v) is 3.91. The highest BCUT2D eigenvalue weighted by molar-refractivity contribution is 6.30. The summed E-state index contributed by atoms with van der Waals surface area (Å²) in [4.78, 5) is 4.23. The van der Waals surface area contributed by atoms with E-state index in [0.717, 1.165) is 5.39 Å². The molecule has 0 spiro atoms. The van der Waals surface area contributed by atoms with Crippen LogP contribution in [0, 0.1) is 0 Å². The summed E-state index contributed by atoms with van der Waals surface area (Å²) in [5.74, 6) is 0.180. The van der Waals surface area contributed by atoms with Crippen molar-refractivity contribution < 1.29 is 14.6 Å². The predicted molar refractivity (Wildman–Crippen MR) is 65.2 cm³/mol. The molecule has 90 valence electrons. The quantitative estimate of drug-likeness (QED) is 0.675. The van der Waals surface area contributed by atoms with E-state index in [0.29, 0.717) is 16.2 Å². The highest BCUT2D eigenvalue weighted by Crippen LogP contribution is 2.29. The van der Waals surface area contributed by atoms with Gasteiger partial charge in [0, 0.05) is 25.2 Å². The Labute approximate surface area is 104 Å². The Bertz CT molecular complexity index is 541. The van der Waals surface area contributed by atoms with E-state index >= 15 is 0 Å². The van der Waals surface area contributed by atoms with Crippen LogP contribution in [0.15, 0.2) is 24.3 Å². The Kier molecular flexibility index (Phi) is 3.47. The second-order valence-electron chi connectivity index (χ2n) is 3.55. The number of fused-ring (bicyclic) bond motifs is 1. The summed E-state index contributed by atoms with van der Waals surface area (Å²) in [6.45, 7) is 0. The number of halogens is 1. The molecule has 0 saturated carbocycles. The summed E-state index contributed by atoms with van der Waals surface area (Å²) in [5.41, 5.74) is 1.34. The number of ether oxygens (including phenoxy) is 2. The van der Waals surface area contributed by atoms with Gasteiger partial charge < -0.3 is 14.6 Å². The standard InChI is InChI=1S/C12H12ClNO3/c1-16-12(17-2)9-6-7-5-8(15)3-4-10(7)14-11(9)13/h3-6,12,15H,1-2H3. The van der Waals surface area contributed by atoms with Crippen LogP contribution in [-0.4, -0.2) is 24.3 Å². The lowest BCUT2D eigenvalue weighted by Gasteiger charge is -2.15. The Morgan fingerprint density at radius 1 is 1.24 bits per heavy atom. The zero-order valence-corrected chi connectivity index (χ0v) is 10.2. The first-order chi connectivity index (χ1) is 8.15. The number of phenols is 1. The van der Waals surface area contributed by atoms with Gasteiger partial charge in [0.05, 0.1) is 5.52 Å². The first-order valence-corrected chi connectivity index (χ1v) is 5.38. The van der Waals surface area contributed by atoms with Crippen molar-refractivity contribution in [3.8, 4) is 5.75 Å². The normalized spacial score (nSPS) is 11.3. The third-order valence-corrected chi connectivity index (χ3v) is 2.76. The molecule has 0 aliphatic carbocycles. The summed E-state index contributed by atoms with van der Waals surface area (Å²) in [6, 6.07) is 6.68. The van der Waals surface area contributed by atoms with Gasteiger partial charge in [-0.2, -0.15) is 0 Å². The van der Waals surface area contributed by atoms with E-state index in [9.17, 15) is 5.11 Å². The van der Waals surface area contributed by atoms with Gasteiger partial charge in [-0.3, -0.25) is 0 Å². The van der Waals surface area contributed by atoms with Crippen LogP contribution in [0.3, 0.4) is 0 Å². The SMILES string of the molecule is COC(OC)c1cc2cc(O)ccc2nc1Cl. The Hall–Kier alpha value is -1.36. The third-order valence-electron chi connectivity index (χ3n) is 2.46. The van der Waals surface area contributed by atoms with E-state index in [4.69, 9.17) is 21.1 Å². The van der Waals surface area contributed by atoms with E-state index in [2.05, 4.69) is 4.98 Å². The average molecular weight is 254 g/mol. The number of aromatic hydroxyl groups is 1. The fourth-order valence-corrected chi connectivity index (χ4v) is 1.91. The van der Waals surface area contributed by atoms with Crippen molar-refractivity contribution in [2.75, 3.05) is 14.2 Å². The van der Waals surface area contributed by atoms with Gasteiger partial charge in [-0.25, -0.2) is 4.98 Å². The average Bonchev–Trinajstić information content (AvgIpc) is 2.32. The monoisotopic (exact) mass is 253 g/mol. The van der Waals surface area contributed by atoms with Crippen molar-refractivity contribution in [2.45, 2.75) is 6.29 Å². The molecule has 17 heavy (non-hydrogen) atoms. The van der Waals surface area contributed by atoms with Gasteiger partial charge in [-0.15, -0.1) is 0 Å². The lowest BCUT2D eigenvalue weighted by atomic mass is 10.1. The molecule has 0 aliphatic heterocycles. The lowest BCUT2D eigenvalue weighted by molar-refractivity contribution is -0.106. The molecule has 1 aromatic carbocycles. The summed E-state index contributed by atoms with van der Waals surface area (Å²) in [6.07, 6.45) is -0.568. The highest BCUT2D eigenvalue weighted by atomic mass is 35.5. The number of hydrogen-bond acceptors (Lipinski definition) is 4. The van der Waals surface area contributed by atoms with Crippen LogP contribution >= 0.6 is 11.6 Å². The van der Waals surface area contributed by atoms with Gasteiger partial charge >= 0.3 is 0 Å². The topological polar surface area (TPSA) is 51.6 Å². The number of pyridine rings is 1. The van der Waals surface area contributed by atoms with Crippen LogP contribution in [0.1, 0.15) is 11.9 Å². The van der Waals surface area contributed by atoms with Crippen molar-refractivity contribution in [2.24, 2.45) is 0 Å². The molecule has 1 aromatic heterocycles. The number of hydrogen-bond donors (Lipinski definition) is 1. The fourth-order valence-electron chi connectivity index (χ4n) is 1.67. The van der Waals surface area contributed by atoms with Crippen molar-refractivity contribution in [3.05, 3.63) is 35.0 Å². The molecule has 0 amide bonds. The Morgan fingerprint density at radius 2 is 1.94 bits per heavy atom. The number of methoxy groups -OCH3 is 2. The molecule has 0 bridgehead atoms. The molecule has 1 N–H and O–H groups in total. The van der Waals surface area contributed by atoms with Crippen molar-refractivity contribution in [1.29, 1.82) is 0 Å². The van der Waals surface area contributed by atoms with Crippen LogP contribution in [0.4, 0.5) is 0 Å². The van der Waals surface area contributed by atoms with E-state index in [-0.39, 0.29) is 5.75 Å². The number of nitrogens with zero attached hydrogens (tertiary/aromatic N) is 1. The first-order valence-electron chi connectivity index (χ1n) is 5.00. The van der Waals surface area contributed by atoms with Crippen molar-refractivity contribution >= 4 is 22.5 Å². The summed E-state index contributed by atoms with van der Waals surface area (Å²) < 4.78 is 10.3. The molecule has 5 heteroatoms. The zero-order valence-electron chi connectivity index (χ0n) is 9.48. The van der Waals surface area contributed by atoms with Gasteiger partial charge in [0.25, 0.3) is 0 Å². The maximum atomic E-state index is 9.42. The minimum atomic E-state index is -0.568. The molecule has 2 rings (SSSR count). The maximum Gasteiger partial charge on any atom is 0.186 e. The molecular weight excluding hydrogens is 242 g/mol. The predicted octanol–water partition coefficient (Wildman–Crippen LogP) is 2.89. The summed E-state index contributed by atoms with van der Waals surface area (Å²) in [7, 11) is 3.05. The van der Waals surface area contributed by atoms with E-state index in [1.54, 1.807) is 24.3 Å². The number of phenolic OH excluding ortho intramolecular Hbond substituents is 1. The van der Waals surface area contributed by atoms with Gasteiger partial charge in [0.15, 0.2) is 6.29 Å². The molecule has 0 atom stereocenters. The fraction of sp³-hybridized carbons (Fsp3) is 0.250. The van der Waals surface area contributed by atoms with Gasteiger partial charge in [0.1, 0.15) is 10.9 Å². The molecule has 4 nitrogen and oxygen atoms in total. The van der Waals surface area contributed by atoms with Gasteiger partial charge in [-0.1, -0.05) is 11.6 Å². The molecule has 0 radical (unpaired) electrons. The van der Waals surface area contributed by atoms with Crippen LogP contribution < -0.4 is 0 Å². The summed E-state index contributed by atoms with van der Waals surface area (Å²) in [5, 5.41) is 10.5. The Morgan fingerprint density at radius 3 is 2.59 bits per heavy atom. The maximum absolute atomic E-state index is 9.42. The van der Waals surface area contributed by atoms with Gasteiger partial charge in [-0.05, 0) is 24.3 Å². The third kappa shape index (κ3) is 2.34. The molecule has 0 saturated heterocycles. The van der Waals surface area contributed by atoms with Crippen LogP contribution in [-0.2, 0) is 9.47 Å². The molecule has 0 fully saturated rings. The number of rotatable bonds is 3. The molecule has 0 unspecified atom stereocenters. The molecule has 2 aromatic rings. The van der Waals surface area contributed by atoms with E-state index in [1.807, 2.05) is 0 Å². The largest absolute Gasteiger partial charge is 0.508 e. The minimum absolute atomic E-state index is 0.180. The molecule has 0 aliphatic rings. The van der Waals surface area contributed by atoms with Crippen molar-refractivity contribution in [3.63, 3.8) is 0 Å². The second kappa shape index (κ2) is 4.87. The van der Waals surface area contributed by atoms with Gasteiger partial charge in [0.2, 0.25) is 0 Å². The first kappa shape index (κ1) is 12.1. The smallest absolute Gasteiger partial charge is 0.186 e. The Balaban J connectivity index is 2.60. The molecular formula is C12H12ClNO3. The number of benzene rings is 1. The summed E-state index contributed by atoms with van der Waals surface area (Å²) >= 11 is 6.06. The van der Waals surface area contributed by atoms with Crippen LogP contribution in [0.5, 0.6) is 5.75 Å². The van der Waals surface area contributed by atoms with E-state index in [1.165, 1.54) is 14.2 Å². The van der Waals surface area contributed by atoms with Crippen molar-refractivity contribution in [1.82, 2.24) is 4.98 Å².